The highest BCUT2D eigenvalue weighted by Gasteiger charge is 2.29. The maximum absolute atomic E-state index is 6.27. The number of halogens is 2. The van der Waals surface area contributed by atoms with Crippen LogP contribution >= 0.6 is 23.2 Å². The van der Waals surface area contributed by atoms with E-state index in [4.69, 9.17) is 27.9 Å². The topological polar surface area (TPSA) is 34.1 Å². The molecule has 5 heteroatoms. The van der Waals surface area contributed by atoms with Gasteiger partial charge in [0.05, 0.1) is 23.2 Å². The fourth-order valence-corrected chi connectivity index (χ4v) is 3.81. The Morgan fingerprint density at radius 1 is 1.04 bits per heavy atom. The first-order valence-electron chi connectivity index (χ1n) is 8.43. The zero-order valence-corrected chi connectivity index (χ0v) is 15.8. The average Bonchev–Trinajstić information content (AvgIpc) is 2.69. The number of rotatable bonds is 3. The number of fused-ring (bicyclic) bond motifs is 1. The first-order valence-corrected chi connectivity index (χ1v) is 9.19. The van der Waals surface area contributed by atoms with Crippen LogP contribution in [0, 0.1) is 0 Å². The van der Waals surface area contributed by atoms with E-state index in [-0.39, 0.29) is 12.1 Å². The number of aromatic nitrogens is 1. The van der Waals surface area contributed by atoms with Gasteiger partial charge in [-0.2, -0.15) is 0 Å². The lowest BCUT2D eigenvalue weighted by Gasteiger charge is -2.34. The number of nitrogens with one attached hydrogen (secondary N) is 1. The maximum Gasteiger partial charge on any atom is 0.119 e. The van der Waals surface area contributed by atoms with Crippen LogP contribution in [-0.2, 0) is 6.42 Å². The standard InChI is InChI=1S/C21H18Cl2N2O/c1-26-16-5-6-17-15(9-16)11-20(14-3-2-8-24-12-14)25-21(17)13-4-7-18(22)19(23)10-13/h2-10,12,20-21,25H,11H2,1H3/t20-,21-/m0/s1. The Bertz CT molecular complexity index is 931. The van der Waals surface area contributed by atoms with E-state index in [2.05, 4.69) is 28.5 Å². The van der Waals surface area contributed by atoms with Crippen molar-refractivity contribution >= 4 is 23.2 Å². The molecular weight excluding hydrogens is 367 g/mol. The molecule has 0 unspecified atom stereocenters. The summed E-state index contributed by atoms with van der Waals surface area (Å²) in [7, 11) is 1.69. The third kappa shape index (κ3) is 3.30. The molecule has 0 bridgehead atoms. The van der Waals surface area contributed by atoms with Gasteiger partial charge in [0.2, 0.25) is 0 Å². The van der Waals surface area contributed by atoms with Crippen molar-refractivity contribution in [2.24, 2.45) is 0 Å². The summed E-state index contributed by atoms with van der Waals surface area (Å²) < 4.78 is 5.43. The largest absolute Gasteiger partial charge is 0.497 e. The van der Waals surface area contributed by atoms with E-state index in [1.54, 1.807) is 13.3 Å². The molecule has 1 aliphatic heterocycles. The number of benzene rings is 2. The van der Waals surface area contributed by atoms with Gasteiger partial charge in [-0.25, -0.2) is 0 Å². The zero-order valence-electron chi connectivity index (χ0n) is 14.2. The predicted molar refractivity (Wildman–Crippen MR) is 105 cm³/mol. The quantitative estimate of drug-likeness (QED) is 0.658. The number of hydrogen-bond donors (Lipinski definition) is 1. The predicted octanol–water partition coefficient (Wildman–Crippen LogP) is 5.37. The van der Waals surface area contributed by atoms with Crippen LogP contribution in [0.4, 0.5) is 0 Å². The van der Waals surface area contributed by atoms with E-state index in [1.165, 1.54) is 11.1 Å². The molecule has 2 heterocycles. The van der Waals surface area contributed by atoms with E-state index in [1.807, 2.05) is 36.5 Å². The molecule has 3 nitrogen and oxygen atoms in total. The molecule has 2 atom stereocenters. The van der Waals surface area contributed by atoms with Crippen LogP contribution in [0.3, 0.4) is 0 Å². The minimum absolute atomic E-state index is 0.0182. The number of pyridine rings is 1. The van der Waals surface area contributed by atoms with Crippen LogP contribution in [0.15, 0.2) is 60.9 Å². The van der Waals surface area contributed by atoms with Crippen LogP contribution < -0.4 is 10.1 Å². The highest BCUT2D eigenvalue weighted by atomic mass is 35.5. The van der Waals surface area contributed by atoms with Gasteiger partial charge in [0.15, 0.2) is 0 Å². The molecule has 2 aromatic carbocycles. The number of ether oxygens (including phenoxy) is 1. The molecule has 1 aromatic heterocycles. The molecule has 0 radical (unpaired) electrons. The Morgan fingerprint density at radius 3 is 2.65 bits per heavy atom. The van der Waals surface area contributed by atoms with Crippen molar-refractivity contribution < 1.29 is 4.74 Å². The van der Waals surface area contributed by atoms with Gasteiger partial charge in [0.1, 0.15) is 5.75 Å². The minimum Gasteiger partial charge on any atom is -0.497 e. The Hall–Kier alpha value is -2.07. The van der Waals surface area contributed by atoms with Gasteiger partial charge in [-0.15, -0.1) is 0 Å². The summed E-state index contributed by atoms with van der Waals surface area (Å²) in [6.07, 6.45) is 4.57. The van der Waals surface area contributed by atoms with Crippen molar-refractivity contribution in [3.63, 3.8) is 0 Å². The van der Waals surface area contributed by atoms with E-state index in [0.29, 0.717) is 10.0 Å². The van der Waals surface area contributed by atoms with Gasteiger partial charge < -0.3 is 4.74 Å². The summed E-state index contributed by atoms with van der Waals surface area (Å²) in [6.45, 7) is 0. The summed E-state index contributed by atoms with van der Waals surface area (Å²) in [5, 5.41) is 4.86. The smallest absolute Gasteiger partial charge is 0.119 e. The van der Waals surface area contributed by atoms with Gasteiger partial charge in [-0.3, -0.25) is 10.3 Å². The van der Waals surface area contributed by atoms with Gasteiger partial charge in [0.25, 0.3) is 0 Å². The van der Waals surface area contributed by atoms with Crippen LogP contribution in [-0.4, -0.2) is 12.1 Å². The lowest BCUT2D eigenvalue weighted by Crippen LogP contribution is -2.34. The molecular formula is C21H18Cl2N2O. The SMILES string of the molecule is COc1ccc2c(c1)C[C@@H](c1cccnc1)N[C@H]2c1ccc(Cl)c(Cl)c1. The lowest BCUT2D eigenvalue weighted by atomic mass is 9.85. The second-order valence-electron chi connectivity index (χ2n) is 6.38. The van der Waals surface area contributed by atoms with Crippen molar-refractivity contribution in [3.8, 4) is 5.75 Å². The van der Waals surface area contributed by atoms with Crippen molar-refractivity contribution in [2.45, 2.75) is 18.5 Å². The van der Waals surface area contributed by atoms with Gasteiger partial charge >= 0.3 is 0 Å². The van der Waals surface area contributed by atoms with E-state index in [0.717, 1.165) is 23.3 Å². The number of methoxy groups -OCH3 is 1. The fourth-order valence-electron chi connectivity index (χ4n) is 3.50. The van der Waals surface area contributed by atoms with Gasteiger partial charge in [-0.05, 0) is 59.0 Å². The van der Waals surface area contributed by atoms with Crippen molar-refractivity contribution in [3.05, 3.63) is 93.2 Å². The summed E-state index contributed by atoms with van der Waals surface area (Å²) in [5.74, 6) is 0.864. The van der Waals surface area contributed by atoms with Crippen LogP contribution in [0.25, 0.3) is 0 Å². The Kier molecular flexibility index (Phi) is 4.86. The zero-order chi connectivity index (χ0) is 18.1. The van der Waals surface area contributed by atoms with E-state index >= 15 is 0 Å². The molecule has 0 aliphatic carbocycles. The van der Waals surface area contributed by atoms with Crippen molar-refractivity contribution in [1.82, 2.24) is 10.3 Å². The molecule has 0 amide bonds. The second kappa shape index (κ2) is 7.28. The van der Waals surface area contributed by atoms with Crippen LogP contribution in [0.2, 0.25) is 10.0 Å². The Balaban J connectivity index is 1.80. The minimum atomic E-state index is 0.0182. The molecule has 4 rings (SSSR count). The molecule has 132 valence electrons. The Labute approximate surface area is 162 Å². The molecule has 3 aromatic rings. The van der Waals surface area contributed by atoms with Crippen molar-refractivity contribution in [1.29, 1.82) is 0 Å². The fraction of sp³-hybridized carbons (Fsp3) is 0.190. The summed E-state index contributed by atoms with van der Waals surface area (Å²) in [6, 6.07) is 16.3. The molecule has 0 fully saturated rings. The molecule has 26 heavy (non-hydrogen) atoms. The number of nitrogens with zero attached hydrogens (tertiary/aromatic N) is 1. The highest BCUT2D eigenvalue weighted by Crippen LogP contribution is 2.38. The second-order valence-corrected chi connectivity index (χ2v) is 7.20. The first kappa shape index (κ1) is 17.3. The van der Waals surface area contributed by atoms with Crippen molar-refractivity contribution in [2.75, 3.05) is 7.11 Å². The van der Waals surface area contributed by atoms with E-state index < -0.39 is 0 Å². The Morgan fingerprint density at radius 2 is 1.92 bits per heavy atom. The monoisotopic (exact) mass is 384 g/mol. The average molecular weight is 385 g/mol. The summed E-state index contributed by atoms with van der Waals surface area (Å²) >= 11 is 12.4. The number of hydrogen-bond acceptors (Lipinski definition) is 3. The third-order valence-electron chi connectivity index (χ3n) is 4.82. The highest BCUT2D eigenvalue weighted by molar-refractivity contribution is 6.42. The molecule has 0 saturated carbocycles. The molecule has 1 N–H and O–H groups in total. The van der Waals surface area contributed by atoms with Gasteiger partial charge in [0, 0.05) is 18.4 Å². The molecule has 1 aliphatic rings. The normalized spacial score (nSPS) is 19.0. The molecule has 0 saturated heterocycles. The van der Waals surface area contributed by atoms with Gasteiger partial charge in [-0.1, -0.05) is 41.4 Å². The first-order chi connectivity index (χ1) is 12.7. The summed E-state index contributed by atoms with van der Waals surface area (Å²) in [4.78, 5) is 4.27. The van der Waals surface area contributed by atoms with Crippen LogP contribution in [0.1, 0.15) is 34.3 Å². The third-order valence-corrected chi connectivity index (χ3v) is 5.56. The summed E-state index contributed by atoms with van der Waals surface area (Å²) in [5.41, 5.74) is 4.72. The van der Waals surface area contributed by atoms with E-state index in [9.17, 15) is 0 Å². The lowest BCUT2D eigenvalue weighted by molar-refractivity contribution is 0.409. The maximum atomic E-state index is 6.27. The van der Waals surface area contributed by atoms with Crippen LogP contribution in [0.5, 0.6) is 5.75 Å². The molecule has 0 spiro atoms.